The number of carbonyl (C=O) groups excluding carboxylic acids is 1. The molecule has 0 saturated heterocycles. The van der Waals surface area contributed by atoms with Gasteiger partial charge in [-0.05, 0) is 24.3 Å². The zero-order chi connectivity index (χ0) is 17.6. The Bertz CT molecular complexity index is 878. The number of amides is 1. The molecule has 126 valence electrons. The van der Waals surface area contributed by atoms with E-state index in [1.54, 1.807) is 12.1 Å². The number of aromatic amines is 1. The molecule has 1 heterocycles. The van der Waals surface area contributed by atoms with Crippen molar-refractivity contribution >= 4 is 29.3 Å². The summed E-state index contributed by atoms with van der Waals surface area (Å²) in [7, 11) is 0. The predicted octanol–water partition coefficient (Wildman–Crippen LogP) is 2.90. The van der Waals surface area contributed by atoms with E-state index in [1.165, 1.54) is 23.9 Å². The van der Waals surface area contributed by atoms with E-state index >= 15 is 0 Å². The van der Waals surface area contributed by atoms with Gasteiger partial charge in [0.05, 0.1) is 11.3 Å². The van der Waals surface area contributed by atoms with Gasteiger partial charge in [-0.15, -0.1) is 5.10 Å². The van der Waals surface area contributed by atoms with Crippen LogP contribution < -0.4 is 5.32 Å². The molecule has 0 saturated carbocycles. The van der Waals surface area contributed by atoms with Crippen LogP contribution in [0.25, 0.3) is 11.4 Å². The summed E-state index contributed by atoms with van der Waals surface area (Å²) in [6, 6.07) is 15.5. The molecule has 1 amide bonds. The van der Waals surface area contributed by atoms with Gasteiger partial charge >= 0.3 is 5.97 Å². The van der Waals surface area contributed by atoms with Gasteiger partial charge in [0, 0.05) is 11.3 Å². The maximum absolute atomic E-state index is 12.0. The van der Waals surface area contributed by atoms with Gasteiger partial charge in [0.1, 0.15) is 0 Å². The van der Waals surface area contributed by atoms with Crippen molar-refractivity contribution in [2.75, 3.05) is 11.1 Å². The molecule has 0 fully saturated rings. The number of thioether (sulfide) groups is 1. The fraction of sp³-hybridized carbons (Fsp3) is 0.0588. The van der Waals surface area contributed by atoms with Crippen molar-refractivity contribution in [2.24, 2.45) is 0 Å². The fourth-order valence-electron chi connectivity index (χ4n) is 2.06. The first-order chi connectivity index (χ1) is 12.1. The maximum Gasteiger partial charge on any atom is 0.335 e. The minimum absolute atomic E-state index is 0.146. The van der Waals surface area contributed by atoms with Gasteiger partial charge < -0.3 is 10.4 Å². The maximum atomic E-state index is 12.0. The summed E-state index contributed by atoms with van der Waals surface area (Å²) in [6.07, 6.45) is 0. The molecular weight excluding hydrogens is 340 g/mol. The van der Waals surface area contributed by atoms with Crippen LogP contribution in [-0.4, -0.2) is 37.9 Å². The largest absolute Gasteiger partial charge is 0.478 e. The van der Waals surface area contributed by atoms with Crippen molar-refractivity contribution in [1.29, 1.82) is 0 Å². The number of nitrogens with zero attached hydrogens (tertiary/aromatic N) is 2. The summed E-state index contributed by atoms with van der Waals surface area (Å²) in [5.41, 5.74) is 1.63. The highest BCUT2D eigenvalue weighted by molar-refractivity contribution is 7.99. The second kappa shape index (κ2) is 7.63. The summed E-state index contributed by atoms with van der Waals surface area (Å²) in [6.45, 7) is 0. The van der Waals surface area contributed by atoms with Crippen LogP contribution >= 0.6 is 11.8 Å². The van der Waals surface area contributed by atoms with E-state index in [2.05, 4.69) is 20.5 Å². The number of aromatic carboxylic acids is 1. The molecule has 0 aliphatic carbocycles. The molecule has 0 unspecified atom stereocenters. The minimum Gasteiger partial charge on any atom is -0.478 e. The van der Waals surface area contributed by atoms with Crippen LogP contribution in [0.4, 0.5) is 5.69 Å². The van der Waals surface area contributed by atoms with Crippen LogP contribution in [-0.2, 0) is 4.79 Å². The fourth-order valence-corrected chi connectivity index (χ4v) is 2.66. The number of H-pyrrole nitrogens is 1. The number of hydrogen-bond donors (Lipinski definition) is 3. The van der Waals surface area contributed by atoms with Crippen molar-refractivity contribution < 1.29 is 14.7 Å². The first kappa shape index (κ1) is 16.7. The van der Waals surface area contributed by atoms with Crippen molar-refractivity contribution in [3.63, 3.8) is 0 Å². The predicted molar refractivity (Wildman–Crippen MR) is 94.6 cm³/mol. The number of anilines is 1. The Hall–Kier alpha value is -3.13. The molecule has 2 aromatic carbocycles. The van der Waals surface area contributed by atoms with Gasteiger partial charge in [-0.1, -0.05) is 42.1 Å². The smallest absolute Gasteiger partial charge is 0.335 e. The lowest BCUT2D eigenvalue weighted by Crippen LogP contribution is -2.14. The van der Waals surface area contributed by atoms with Crippen molar-refractivity contribution in [2.45, 2.75) is 5.16 Å². The first-order valence-electron chi connectivity index (χ1n) is 7.35. The molecule has 0 spiro atoms. The van der Waals surface area contributed by atoms with E-state index in [0.717, 1.165) is 5.56 Å². The van der Waals surface area contributed by atoms with Crippen molar-refractivity contribution in [3.8, 4) is 11.4 Å². The molecule has 0 radical (unpaired) electrons. The van der Waals surface area contributed by atoms with Crippen LogP contribution in [0, 0.1) is 0 Å². The van der Waals surface area contributed by atoms with Crippen molar-refractivity contribution in [3.05, 3.63) is 60.2 Å². The first-order valence-corrected chi connectivity index (χ1v) is 8.34. The standard InChI is InChI=1S/C17H14N4O3S/c22-14(18-13-8-6-12(7-9-13)16(23)24)10-25-17-19-15(20-21-17)11-4-2-1-3-5-11/h1-9H,10H2,(H,18,22)(H,23,24)(H,19,20,21). The number of hydrogen-bond acceptors (Lipinski definition) is 5. The molecule has 8 heteroatoms. The average Bonchev–Trinajstić information content (AvgIpc) is 3.10. The zero-order valence-electron chi connectivity index (χ0n) is 13.0. The Labute approximate surface area is 147 Å². The highest BCUT2D eigenvalue weighted by Crippen LogP contribution is 2.19. The lowest BCUT2D eigenvalue weighted by Gasteiger charge is -2.04. The average molecular weight is 354 g/mol. The Morgan fingerprint density at radius 3 is 2.48 bits per heavy atom. The normalized spacial score (nSPS) is 10.4. The molecule has 25 heavy (non-hydrogen) atoms. The summed E-state index contributed by atoms with van der Waals surface area (Å²) < 4.78 is 0. The van der Waals surface area contributed by atoms with Crippen LogP contribution in [0.15, 0.2) is 59.8 Å². The highest BCUT2D eigenvalue weighted by Gasteiger charge is 2.09. The Morgan fingerprint density at radius 2 is 1.80 bits per heavy atom. The van der Waals surface area contributed by atoms with Crippen molar-refractivity contribution in [1.82, 2.24) is 15.2 Å². The molecule has 1 aromatic heterocycles. The quantitative estimate of drug-likeness (QED) is 0.588. The van der Waals surface area contributed by atoms with Gasteiger partial charge in [-0.2, -0.15) is 0 Å². The second-order valence-corrected chi connectivity index (χ2v) is 5.99. The van der Waals surface area contributed by atoms with E-state index in [0.29, 0.717) is 16.7 Å². The topological polar surface area (TPSA) is 108 Å². The SMILES string of the molecule is O=C(CSc1n[nH]c(-c2ccccc2)n1)Nc1ccc(C(=O)O)cc1. The number of benzene rings is 2. The summed E-state index contributed by atoms with van der Waals surface area (Å²) >= 11 is 1.21. The number of nitrogens with one attached hydrogen (secondary N) is 2. The third-order valence-corrected chi connectivity index (χ3v) is 4.11. The molecule has 7 nitrogen and oxygen atoms in total. The van der Waals surface area contributed by atoms with Gasteiger partial charge in [0.25, 0.3) is 0 Å². The number of carbonyl (C=O) groups is 2. The number of rotatable bonds is 6. The molecule has 3 aromatic rings. The number of aromatic nitrogens is 3. The van der Waals surface area contributed by atoms with E-state index < -0.39 is 5.97 Å². The molecule has 3 N–H and O–H groups in total. The number of carboxylic acids is 1. The van der Waals surface area contributed by atoms with Crippen LogP contribution in [0.1, 0.15) is 10.4 Å². The van der Waals surface area contributed by atoms with Crippen LogP contribution in [0.3, 0.4) is 0 Å². The van der Waals surface area contributed by atoms with Gasteiger partial charge in [0.2, 0.25) is 11.1 Å². The van der Waals surface area contributed by atoms with E-state index in [1.807, 2.05) is 30.3 Å². The zero-order valence-corrected chi connectivity index (χ0v) is 13.8. The molecule has 0 aliphatic heterocycles. The van der Waals surface area contributed by atoms with E-state index in [4.69, 9.17) is 5.11 Å². The Balaban J connectivity index is 1.54. The molecular formula is C17H14N4O3S. The van der Waals surface area contributed by atoms with E-state index in [9.17, 15) is 9.59 Å². The number of carboxylic acid groups (broad SMARTS) is 1. The van der Waals surface area contributed by atoms with Gasteiger partial charge in [0.15, 0.2) is 5.82 Å². The molecule has 0 bridgehead atoms. The summed E-state index contributed by atoms with van der Waals surface area (Å²) in [4.78, 5) is 27.1. The Kier molecular flexibility index (Phi) is 5.10. The van der Waals surface area contributed by atoms with E-state index in [-0.39, 0.29) is 17.2 Å². The molecule has 3 rings (SSSR count). The third kappa shape index (κ3) is 4.45. The molecule has 0 atom stereocenters. The van der Waals surface area contributed by atoms with Crippen LogP contribution in [0.5, 0.6) is 0 Å². The highest BCUT2D eigenvalue weighted by atomic mass is 32.2. The molecule has 0 aliphatic rings. The summed E-state index contributed by atoms with van der Waals surface area (Å²) in [5.74, 6) is -0.439. The van der Waals surface area contributed by atoms with Gasteiger partial charge in [-0.3, -0.25) is 9.89 Å². The monoisotopic (exact) mass is 354 g/mol. The third-order valence-electron chi connectivity index (χ3n) is 3.26. The second-order valence-electron chi connectivity index (χ2n) is 5.05. The Morgan fingerprint density at radius 1 is 1.08 bits per heavy atom. The summed E-state index contributed by atoms with van der Waals surface area (Å²) in [5, 5.41) is 19.0. The van der Waals surface area contributed by atoms with Crippen LogP contribution in [0.2, 0.25) is 0 Å². The lowest BCUT2D eigenvalue weighted by atomic mass is 10.2. The lowest BCUT2D eigenvalue weighted by molar-refractivity contribution is -0.113. The minimum atomic E-state index is -1.01. The van der Waals surface area contributed by atoms with Gasteiger partial charge in [-0.25, -0.2) is 9.78 Å².